The Labute approximate surface area is 144 Å². The lowest BCUT2D eigenvalue weighted by molar-refractivity contribution is 0.199. The summed E-state index contributed by atoms with van der Waals surface area (Å²) >= 11 is 0. The van der Waals surface area contributed by atoms with Gasteiger partial charge < -0.3 is 10.2 Å². The molecule has 4 rings (SSSR count). The zero-order chi connectivity index (χ0) is 16.4. The van der Waals surface area contributed by atoms with Crippen LogP contribution in [0.2, 0.25) is 0 Å². The van der Waals surface area contributed by atoms with Crippen molar-refractivity contribution in [2.75, 3.05) is 37.6 Å². The molecular weight excluding hydrogens is 296 g/mol. The Bertz CT molecular complexity index is 693. The van der Waals surface area contributed by atoms with E-state index >= 15 is 0 Å². The summed E-state index contributed by atoms with van der Waals surface area (Å²) in [6.07, 6.45) is 3.94. The van der Waals surface area contributed by atoms with Crippen LogP contribution in [-0.4, -0.2) is 48.6 Å². The van der Waals surface area contributed by atoms with Crippen LogP contribution in [-0.2, 0) is 6.54 Å². The maximum Gasteiger partial charge on any atom is 0.133 e. The fourth-order valence-electron chi connectivity index (χ4n) is 4.04. The third kappa shape index (κ3) is 3.40. The van der Waals surface area contributed by atoms with Crippen LogP contribution in [0.25, 0.3) is 10.9 Å². The average molecular weight is 324 g/mol. The molecule has 128 valence electrons. The minimum atomic E-state index is 0.575. The fourth-order valence-corrected chi connectivity index (χ4v) is 4.04. The van der Waals surface area contributed by atoms with Crippen LogP contribution < -0.4 is 10.2 Å². The number of piperidine rings is 1. The van der Waals surface area contributed by atoms with Crippen LogP contribution >= 0.6 is 0 Å². The highest BCUT2D eigenvalue weighted by Crippen LogP contribution is 2.27. The number of benzene rings is 1. The number of para-hydroxylation sites is 1. The molecule has 0 aliphatic carbocycles. The predicted octanol–water partition coefficient (Wildman–Crippen LogP) is 3.02. The summed E-state index contributed by atoms with van der Waals surface area (Å²) in [5, 5.41) is 4.80. The Hall–Kier alpha value is -1.65. The van der Waals surface area contributed by atoms with E-state index in [4.69, 9.17) is 4.98 Å². The molecule has 0 spiro atoms. The molecule has 2 aliphatic rings. The zero-order valence-corrected chi connectivity index (χ0v) is 14.7. The number of piperazine rings is 1. The molecule has 1 aromatic heterocycles. The number of pyridine rings is 1. The molecular formula is C20H28N4. The Kier molecular flexibility index (Phi) is 4.67. The number of nitrogens with zero attached hydrogens (tertiary/aromatic N) is 3. The summed E-state index contributed by atoms with van der Waals surface area (Å²) in [5.41, 5.74) is 2.51. The highest BCUT2D eigenvalue weighted by Gasteiger charge is 2.21. The van der Waals surface area contributed by atoms with Gasteiger partial charge in [-0.15, -0.1) is 0 Å². The van der Waals surface area contributed by atoms with Gasteiger partial charge in [0, 0.05) is 56.3 Å². The first kappa shape index (κ1) is 15.9. The largest absolute Gasteiger partial charge is 0.356 e. The predicted molar refractivity (Wildman–Crippen MR) is 101 cm³/mol. The average Bonchev–Trinajstić information content (AvgIpc) is 2.62. The lowest BCUT2D eigenvalue weighted by atomic mass is 10.1. The Morgan fingerprint density at radius 2 is 1.96 bits per heavy atom. The zero-order valence-electron chi connectivity index (χ0n) is 14.7. The molecule has 2 aromatic rings. The van der Waals surface area contributed by atoms with E-state index in [0.29, 0.717) is 6.04 Å². The van der Waals surface area contributed by atoms with E-state index in [2.05, 4.69) is 52.4 Å². The monoisotopic (exact) mass is 324 g/mol. The van der Waals surface area contributed by atoms with E-state index < -0.39 is 0 Å². The Morgan fingerprint density at radius 1 is 1.12 bits per heavy atom. The summed E-state index contributed by atoms with van der Waals surface area (Å²) in [6.45, 7) is 8.91. The number of fused-ring (bicyclic) bond motifs is 1. The van der Waals surface area contributed by atoms with E-state index in [0.717, 1.165) is 44.8 Å². The molecule has 0 bridgehead atoms. The minimum absolute atomic E-state index is 0.575. The number of anilines is 1. The van der Waals surface area contributed by atoms with Crippen molar-refractivity contribution in [1.29, 1.82) is 0 Å². The molecule has 2 saturated heterocycles. The van der Waals surface area contributed by atoms with Crippen molar-refractivity contribution in [3.63, 3.8) is 0 Å². The summed E-state index contributed by atoms with van der Waals surface area (Å²) in [6, 6.07) is 11.5. The van der Waals surface area contributed by atoms with E-state index in [-0.39, 0.29) is 0 Å². The first-order valence-corrected chi connectivity index (χ1v) is 9.39. The van der Waals surface area contributed by atoms with E-state index in [1.165, 1.54) is 36.0 Å². The molecule has 0 radical (unpaired) electrons. The van der Waals surface area contributed by atoms with E-state index in [1.807, 2.05) is 0 Å². The van der Waals surface area contributed by atoms with Crippen LogP contribution in [0.15, 0.2) is 30.3 Å². The van der Waals surface area contributed by atoms with Crippen LogP contribution in [0.5, 0.6) is 0 Å². The van der Waals surface area contributed by atoms with Gasteiger partial charge in [0.2, 0.25) is 0 Å². The van der Waals surface area contributed by atoms with Gasteiger partial charge in [-0.25, -0.2) is 4.98 Å². The van der Waals surface area contributed by atoms with Gasteiger partial charge in [0.1, 0.15) is 5.82 Å². The van der Waals surface area contributed by atoms with Gasteiger partial charge >= 0.3 is 0 Å². The number of aromatic nitrogens is 1. The highest BCUT2D eigenvalue weighted by atomic mass is 15.2. The molecule has 4 nitrogen and oxygen atoms in total. The molecule has 0 saturated carbocycles. The first-order chi connectivity index (χ1) is 11.8. The summed E-state index contributed by atoms with van der Waals surface area (Å²) in [7, 11) is 0. The number of hydrogen-bond donors (Lipinski definition) is 1. The Morgan fingerprint density at radius 3 is 2.79 bits per heavy atom. The summed E-state index contributed by atoms with van der Waals surface area (Å²) in [4.78, 5) is 10.1. The Balaban J connectivity index is 1.67. The van der Waals surface area contributed by atoms with E-state index in [9.17, 15) is 0 Å². The third-order valence-corrected chi connectivity index (χ3v) is 5.28. The molecule has 1 N–H and O–H groups in total. The van der Waals surface area contributed by atoms with Crippen molar-refractivity contribution in [2.24, 2.45) is 0 Å². The van der Waals surface area contributed by atoms with Crippen molar-refractivity contribution in [3.05, 3.63) is 35.9 Å². The number of nitrogens with one attached hydrogen (secondary N) is 1. The SMILES string of the molecule is C[C@H]1CN(Cc2cc3ccccc3nc2N2CCCCC2)CCN1. The maximum absolute atomic E-state index is 5.07. The molecule has 0 unspecified atom stereocenters. The second kappa shape index (κ2) is 7.08. The third-order valence-electron chi connectivity index (χ3n) is 5.28. The standard InChI is InChI=1S/C20H28N4/c1-16-14-23(12-9-21-16)15-18-13-17-7-3-4-8-19(17)22-20(18)24-10-5-2-6-11-24/h3-4,7-8,13,16,21H,2,5-6,9-12,14-15H2,1H3/t16-/m0/s1. The van der Waals surface area contributed by atoms with E-state index in [1.54, 1.807) is 0 Å². The highest BCUT2D eigenvalue weighted by molar-refractivity contribution is 5.81. The molecule has 1 aromatic carbocycles. The van der Waals surface area contributed by atoms with Gasteiger partial charge in [-0.05, 0) is 38.3 Å². The molecule has 0 amide bonds. The fraction of sp³-hybridized carbons (Fsp3) is 0.550. The van der Waals surface area contributed by atoms with Crippen molar-refractivity contribution in [3.8, 4) is 0 Å². The molecule has 2 aliphatic heterocycles. The molecule has 1 atom stereocenters. The molecule has 2 fully saturated rings. The summed E-state index contributed by atoms with van der Waals surface area (Å²) < 4.78 is 0. The van der Waals surface area contributed by atoms with Gasteiger partial charge in [0.25, 0.3) is 0 Å². The molecule has 4 heteroatoms. The quantitative estimate of drug-likeness (QED) is 0.940. The van der Waals surface area contributed by atoms with Crippen LogP contribution in [0, 0.1) is 0 Å². The maximum atomic E-state index is 5.07. The normalized spacial score (nSPS) is 22.9. The smallest absolute Gasteiger partial charge is 0.133 e. The van der Waals surface area contributed by atoms with Gasteiger partial charge in [0.05, 0.1) is 5.52 Å². The molecule has 3 heterocycles. The van der Waals surface area contributed by atoms with Gasteiger partial charge in [-0.2, -0.15) is 0 Å². The van der Waals surface area contributed by atoms with Crippen molar-refractivity contribution in [1.82, 2.24) is 15.2 Å². The van der Waals surface area contributed by atoms with Crippen molar-refractivity contribution >= 4 is 16.7 Å². The lowest BCUT2D eigenvalue weighted by Crippen LogP contribution is -2.48. The second-order valence-corrected chi connectivity index (χ2v) is 7.30. The number of rotatable bonds is 3. The first-order valence-electron chi connectivity index (χ1n) is 9.39. The van der Waals surface area contributed by atoms with Gasteiger partial charge in [-0.3, -0.25) is 4.90 Å². The van der Waals surface area contributed by atoms with Crippen LogP contribution in [0.1, 0.15) is 31.7 Å². The lowest BCUT2D eigenvalue weighted by Gasteiger charge is -2.34. The van der Waals surface area contributed by atoms with Crippen LogP contribution in [0.4, 0.5) is 5.82 Å². The minimum Gasteiger partial charge on any atom is -0.356 e. The topological polar surface area (TPSA) is 31.4 Å². The van der Waals surface area contributed by atoms with Gasteiger partial charge in [-0.1, -0.05) is 18.2 Å². The van der Waals surface area contributed by atoms with Gasteiger partial charge in [0.15, 0.2) is 0 Å². The van der Waals surface area contributed by atoms with Crippen molar-refractivity contribution < 1.29 is 0 Å². The second-order valence-electron chi connectivity index (χ2n) is 7.30. The summed E-state index contributed by atoms with van der Waals surface area (Å²) in [5.74, 6) is 1.22. The van der Waals surface area contributed by atoms with Crippen molar-refractivity contribution in [2.45, 2.75) is 38.8 Å². The van der Waals surface area contributed by atoms with Crippen LogP contribution in [0.3, 0.4) is 0 Å². The number of hydrogen-bond acceptors (Lipinski definition) is 4. The molecule has 24 heavy (non-hydrogen) atoms.